The number of likely N-dealkylation sites (tertiary alicyclic amines) is 1. The number of carbonyl (C=O) groups is 4. The van der Waals surface area contributed by atoms with Crippen molar-refractivity contribution in [1.29, 1.82) is 0 Å². The van der Waals surface area contributed by atoms with Gasteiger partial charge in [0.1, 0.15) is 18.1 Å². The first kappa shape index (κ1) is 47.1. The summed E-state index contributed by atoms with van der Waals surface area (Å²) in [6, 6.07) is 7.92. The largest absolute Gasteiger partial charge is 0.464 e. The first-order chi connectivity index (χ1) is 30.6. The molecular formula is C48H67N9O6S. The number of ether oxygens (including phenoxy) is 2. The van der Waals surface area contributed by atoms with Crippen molar-refractivity contribution in [2.75, 3.05) is 53.5 Å². The van der Waals surface area contributed by atoms with E-state index in [0.29, 0.717) is 56.5 Å². The standard InChI is InChI=1S/C48H67N9O6S/c1-11-54(12-2)32-25-55(26-32)47(61)53(9)42(29(4)5)44(58)51-37-23-40-50-38(27-64-40)31-18-19-39-34(22-31)35(43(56(39)13-3)33-16-14-20-49-41(33)30(6)62-10)24-48(7,8)28-63-46(60)36-17-15-21-57(52-36)45(37)59/h14,16,18-20,22,27,29-30,32,36-37,42,52H,11-13,15,17,21,23-26,28H2,1-10H3,(H,51,58)/t30-,36-,37-,42?/m0/s1. The van der Waals surface area contributed by atoms with E-state index >= 15 is 0 Å². The molecule has 4 aromatic rings. The fourth-order valence-electron chi connectivity index (χ4n) is 9.67. The van der Waals surface area contributed by atoms with Crippen LogP contribution in [-0.4, -0.2) is 136 Å². The van der Waals surface area contributed by atoms with Gasteiger partial charge in [-0.25, -0.2) is 15.2 Å². The molecular weight excluding hydrogens is 831 g/mol. The van der Waals surface area contributed by atoms with E-state index < -0.39 is 35.4 Å². The minimum absolute atomic E-state index is 0.113. The molecule has 16 heteroatoms. The van der Waals surface area contributed by atoms with Crippen LogP contribution in [0.15, 0.2) is 41.9 Å². The number of pyridine rings is 1. The average Bonchev–Trinajstić information content (AvgIpc) is 3.86. The van der Waals surface area contributed by atoms with E-state index in [2.05, 4.69) is 79.1 Å². The monoisotopic (exact) mass is 897 g/mol. The molecule has 1 unspecified atom stereocenters. The zero-order valence-electron chi connectivity index (χ0n) is 39.3. The summed E-state index contributed by atoms with van der Waals surface area (Å²) in [7, 11) is 3.35. The maximum absolute atomic E-state index is 14.6. The second-order valence-electron chi connectivity index (χ2n) is 18.6. The number of hydrazine groups is 1. The summed E-state index contributed by atoms with van der Waals surface area (Å²) in [5.74, 6) is -1.50. The molecule has 346 valence electrons. The highest BCUT2D eigenvalue weighted by Crippen LogP contribution is 2.42. The van der Waals surface area contributed by atoms with Crippen molar-refractivity contribution in [3.8, 4) is 22.5 Å². The number of hydrogen-bond donors (Lipinski definition) is 2. The number of cyclic esters (lactones) is 1. The van der Waals surface area contributed by atoms with Crippen molar-refractivity contribution in [3.05, 3.63) is 58.2 Å². The Hall–Kier alpha value is -4.90. The van der Waals surface area contributed by atoms with Gasteiger partial charge in [0, 0.05) is 91.8 Å². The lowest BCUT2D eigenvalue weighted by molar-refractivity contribution is -0.155. The van der Waals surface area contributed by atoms with Gasteiger partial charge in [-0.2, -0.15) is 0 Å². The SMILES string of the molecule is CCN(CC)C1CN(C(=O)N(C)C(C(=O)N[C@H]2Cc3nc(cs3)-c3ccc4c(c3)c(c(-c3cccnc3[C@H](C)OC)n4CC)CC(C)(C)COC(=O)[C@@H]3CCCN(N3)C2=O)C(C)C)C1. The Bertz CT molecular complexity index is 2330. The van der Waals surface area contributed by atoms with Crippen LogP contribution in [0.25, 0.3) is 33.4 Å². The lowest BCUT2D eigenvalue weighted by Gasteiger charge is -2.47. The van der Waals surface area contributed by atoms with Crippen molar-refractivity contribution in [2.45, 2.75) is 118 Å². The minimum atomic E-state index is -1.04. The number of amides is 4. The van der Waals surface area contributed by atoms with Gasteiger partial charge in [-0.05, 0) is 81.9 Å². The molecule has 2 N–H and O–H groups in total. The molecule has 3 aliphatic heterocycles. The summed E-state index contributed by atoms with van der Waals surface area (Å²) in [6.07, 6.45) is 3.31. The van der Waals surface area contributed by atoms with Gasteiger partial charge in [0.15, 0.2) is 0 Å². The fourth-order valence-corrected chi connectivity index (χ4v) is 10.5. The second-order valence-corrected chi connectivity index (χ2v) is 19.6. The van der Waals surface area contributed by atoms with Crippen LogP contribution in [0.3, 0.4) is 0 Å². The van der Waals surface area contributed by atoms with Gasteiger partial charge in [-0.1, -0.05) is 47.6 Å². The normalized spacial score (nSPS) is 20.5. The molecule has 6 bridgehead atoms. The van der Waals surface area contributed by atoms with Gasteiger partial charge in [0.2, 0.25) is 5.91 Å². The van der Waals surface area contributed by atoms with Gasteiger partial charge in [-0.3, -0.25) is 29.3 Å². The van der Waals surface area contributed by atoms with Crippen molar-refractivity contribution in [2.24, 2.45) is 11.3 Å². The summed E-state index contributed by atoms with van der Waals surface area (Å²) >= 11 is 1.43. The van der Waals surface area contributed by atoms with Crippen LogP contribution in [0.4, 0.5) is 4.79 Å². The Kier molecular flexibility index (Phi) is 14.5. The topological polar surface area (TPSA) is 154 Å². The summed E-state index contributed by atoms with van der Waals surface area (Å²) in [4.78, 5) is 72.2. The molecule has 0 radical (unpaired) electrons. The first-order valence-electron chi connectivity index (χ1n) is 23.0. The lowest BCUT2D eigenvalue weighted by atomic mass is 9.84. The van der Waals surface area contributed by atoms with Gasteiger partial charge < -0.3 is 29.2 Å². The van der Waals surface area contributed by atoms with Crippen LogP contribution in [0.5, 0.6) is 0 Å². The maximum Gasteiger partial charge on any atom is 0.324 e. The van der Waals surface area contributed by atoms with Crippen LogP contribution in [0, 0.1) is 11.3 Å². The predicted molar refractivity (Wildman–Crippen MR) is 249 cm³/mol. The van der Waals surface area contributed by atoms with Gasteiger partial charge >= 0.3 is 12.0 Å². The second kappa shape index (κ2) is 19.7. The summed E-state index contributed by atoms with van der Waals surface area (Å²) in [6.45, 7) is 20.6. The van der Waals surface area contributed by atoms with E-state index in [1.165, 1.54) is 21.2 Å². The highest BCUT2D eigenvalue weighted by atomic mass is 32.1. The van der Waals surface area contributed by atoms with E-state index in [1.54, 1.807) is 25.3 Å². The molecule has 2 saturated heterocycles. The molecule has 3 aromatic heterocycles. The number of aryl methyl sites for hydroxylation is 1. The van der Waals surface area contributed by atoms with Crippen LogP contribution < -0.4 is 10.7 Å². The summed E-state index contributed by atoms with van der Waals surface area (Å²) in [5, 5.41) is 8.23. The number of fused-ring (bicyclic) bond motifs is 6. The molecule has 0 spiro atoms. The van der Waals surface area contributed by atoms with Crippen LogP contribution in [-0.2, 0) is 43.2 Å². The number of hydrogen-bond acceptors (Lipinski definition) is 11. The number of carbonyl (C=O) groups excluding carboxylic acids is 4. The Morgan fingerprint density at radius 3 is 2.55 bits per heavy atom. The van der Waals surface area contributed by atoms with Gasteiger partial charge in [0.25, 0.3) is 5.91 Å². The number of methoxy groups -OCH3 is 1. The highest BCUT2D eigenvalue weighted by Gasteiger charge is 2.41. The zero-order chi connectivity index (χ0) is 46.0. The number of urea groups is 1. The number of benzene rings is 1. The molecule has 0 aliphatic carbocycles. The third-order valence-electron chi connectivity index (χ3n) is 13.2. The molecule has 2 fully saturated rings. The Morgan fingerprint density at radius 1 is 1.11 bits per heavy atom. The van der Waals surface area contributed by atoms with E-state index in [1.807, 2.05) is 32.2 Å². The number of rotatable bonds is 11. The summed E-state index contributed by atoms with van der Waals surface area (Å²) in [5.41, 5.74) is 9.41. The van der Waals surface area contributed by atoms with Crippen molar-refractivity contribution in [1.82, 2.24) is 45.0 Å². The zero-order valence-corrected chi connectivity index (χ0v) is 40.1. The fraction of sp³-hybridized carbons (Fsp3) is 0.583. The molecule has 15 nitrogen and oxygen atoms in total. The number of esters is 1. The molecule has 0 saturated carbocycles. The number of nitrogens with one attached hydrogen (secondary N) is 2. The molecule has 1 aromatic carbocycles. The Morgan fingerprint density at radius 2 is 1.86 bits per heavy atom. The molecule has 4 amide bonds. The Balaban J connectivity index is 1.26. The number of thiazole rings is 1. The molecule has 64 heavy (non-hydrogen) atoms. The smallest absolute Gasteiger partial charge is 0.324 e. The van der Waals surface area contributed by atoms with Crippen molar-refractivity contribution < 1.29 is 28.7 Å². The molecule has 6 heterocycles. The molecule has 4 atom stereocenters. The third kappa shape index (κ3) is 9.56. The van der Waals surface area contributed by atoms with Crippen molar-refractivity contribution in [3.63, 3.8) is 0 Å². The number of likely N-dealkylation sites (N-methyl/N-ethyl adjacent to an activating group) is 2. The van der Waals surface area contributed by atoms with Gasteiger partial charge in [0.05, 0.1) is 34.8 Å². The quantitative estimate of drug-likeness (QED) is 0.164. The predicted octanol–water partition coefficient (Wildman–Crippen LogP) is 6.30. The van der Waals surface area contributed by atoms with Crippen LogP contribution in [0.2, 0.25) is 0 Å². The van der Waals surface area contributed by atoms with E-state index in [4.69, 9.17) is 19.4 Å². The van der Waals surface area contributed by atoms with Gasteiger partial charge in [-0.15, -0.1) is 11.3 Å². The lowest BCUT2D eigenvalue weighted by Crippen LogP contribution is -2.66. The number of aromatic nitrogens is 3. The number of nitrogens with zero attached hydrogens (tertiary/aromatic N) is 7. The first-order valence-corrected chi connectivity index (χ1v) is 23.9. The van der Waals surface area contributed by atoms with E-state index in [9.17, 15) is 19.2 Å². The van der Waals surface area contributed by atoms with Crippen LogP contribution >= 0.6 is 11.3 Å². The summed E-state index contributed by atoms with van der Waals surface area (Å²) < 4.78 is 14.3. The average molecular weight is 898 g/mol. The van der Waals surface area contributed by atoms with Crippen LogP contribution in [0.1, 0.15) is 90.6 Å². The Labute approximate surface area is 381 Å². The van der Waals surface area contributed by atoms with E-state index in [-0.39, 0.29) is 37.0 Å². The minimum Gasteiger partial charge on any atom is -0.464 e. The van der Waals surface area contributed by atoms with E-state index in [0.717, 1.165) is 57.8 Å². The molecule has 7 rings (SSSR count). The highest BCUT2D eigenvalue weighted by molar-refractivity contribution is 7.10. The maximum atomic E-state index is 14.6. The van der Waals surface area contributed by atoms with Crippen molar-refractivity contribution >= 4 is 46.1 Å². The molecule has 3 aliphatic rings. The third-order valence-corrected chi connectivity index (χ3v) is 14.1.